The first-order valence-corrected chi connectivity index (χ1v) is 7.82. The summed E-state index contributed by atoms with van der Waals surface area (Å²) in [4.78, 5) is 27.6. The Hall–Kier alpha value is -1.95. The average molecular weight is 305 g/mol. The normalized spacial score (nSPS) is 16.3. The second-order valence-electron chi connectivity index (χ2n) is 5.83. The number of hydroxylamine groups is 1. The molecule has 1 aliphatic rings. The second kappa shape index (κ2) is 7.89. The van der Waals surface area contributed by atoms with Crippen molar-refractivity contribution >= 4 is 11.8 Å². The molecule has 0 aliphatic heterocycles. The van der Waals surface area contributed by atoms with Crippen molar-refractivity contribution in [1.29, 1.82) is 0 Å². The SMILES string of the molecule is CCC(NC(=O)CC1CCCC1)c1cncc(C(=O)NO)c1. The first kappa shape index (κ1) is 16.4. The first-order chi connectivity index (χ1) is 10.6. The lowest BCUT2D eigenvalue weighted by Crippen LogP contribution is -2.29. The Morgan fingerprint density at radius 2 is 2.09 bits per heavy atom. The summed E-state index contributed by atoms with van der Waals surface area (Å²) >= 11 is 0. The maximum absolute atomic E-state index is 12.2. The molecule has 0 saturated heterocycles. The van der Waals surface area contributed by atoms with Crippen LogP contribution in [0.15, 0.2) is 18.5 Å². The van der Waals surface area contributed by atoms with Crippen molar-refractivity contribution in [2.24, 2.45) is 5.92 Å². The van der Waals surface area contributed by atoms with Gasteiger partial charge in [-0.15, -0.1) is 0 Å². The zero-order valence-electron chi connectivity index (χ0n) is 12.8. The standard InChI is InChI=1S/C16H23N3O3/c1-2-14(18-15(20)7-11-5-3-4-6-11)12-8-13(10-17-9-12)16(21)19-22/h8-11,14,22H,2-7H2,1H3,(H,18,20)(H,19,21). The summed E-state index contributed by atoms with van der Waals surface area (Å²) in [6, 6.07) is 1.47. The molecule has 22 heavy (non-hydrogen) atoms. The van der Waals surface area contributed by atoms with Crippen molar-refractivity contribution in [3.63, 3.8) is 0 Å². The highest BCUT2D eigenvalue weighted by Gasteiger charge is 2.21. The van der Waals surface area contributed by atoms with Gasteiger partial charge >= 0.3 is 0 Å². The third-order valence-electron chi connectivity index (χ3n) is 4.22. The van der Waals surface area contributed by atoms with Gasteiger partial charge in [0.05, 0.1) is 11.6 Å². The quantitative estimate of drug-likeness (QED) is 0.556. The van der Waals surface area contributed by atoms with Crippen LogP contribution in [-0.2, 0) is 4.79 Å². The molecule has 1 heterocycles. The van der Waals surface area contributed by atoms with E-state index in [0.717, 1.165) is 18.4 Å². The summed E-state index contributed by atoms with van der Waals surface area (Å²) in [6.07, 6.45) is 9.01. The van der Waals surface area contributed by atoms with Crippen LogP contribution in [0.2, 0.25) is 0 Å². The molecule has 1 unspecified atom stereocenters. The molecule has 1 aliphatic carbocycles. The molecule has 0 aromatic carbocycles. The predicted molar refractivity (Wildman–Crippen MR) is 81.2 cm³/mol. The van der Waals surface area contributed by atoms with Gasteiger partial charge in [-0.25, -0.2) is 5.48 Å². The van der Waals surface area contributed by atoms with Gasteiger partial charge in [-0.05, 0) is 36.8 Å². The minimum atomic E-state index is -0.610. The van der Waals surface area contributed by atoms with Crippen molar-refractivity contribution in [3.8, 4) is 0 Å². The summed E-state index contributed by atoms with van der Waals surface area (Å²) in [5.74, 6) is -0.0561. The number of aromatic nitrogens is 1. The van der Waals surface area contributed by atoms with Gasteiger partial charge in [0, 0.05) is 18.8 Å². The molecule has 1 fully saturated rings. The second-order valence-corrected chi connectivity index (χ2v) is 5.83. The highest BCUT2D eigenvalue weighted by molar-refractivity contribution is 5.93. The predicted octanol–water partition coefficient (Wildman–Crippen LogP) is 2.35. The zero-order valence-corrected chi connectivity index (χ0v) is 12.8. The largest absolute Gasteiger partial charge is 0.349 e. The van der Waals surface area contributed by atoms with Crippen LogP contribution >= 0.6 is 0 Å². The summed E-state index contributed by atoms with van der Waals surface area (Å²) in [7, 11) is 0. The number of rotatable bonds is 6. The highest BCUT2D eigenvalue weighted by atomic mass is 16.5. The van der Waals surface area contributed by atoms with Crippen LogP contribution in [0.4, 0.5) is 0 Å². The maximum Gasteiger partial charge on any atom is 0.276 e. The van der Waals surface area contributed by atoms with Crippen molar-refractivity contribution in [2.75, 3.05) is 0 Å². The monoisotopic (exact) mass is 305 g/mol. The molecule has 3 N–H and O–H groups in total. The van der Waals surface area contributed by atoms with Gasteiger partial charge in [0.2, 0.25) is 5.91 Å². The van der Waals surface area contributed by atoms with Gasteiger partial charge in [0.1, 0.15) is 0 Å². The molecular formula is C16H23N3O3. The topological polar surface area (TPSA) is 91.3 Å². The molecule has 1 saturated carbocycles. The fourth-order valence-corrected chi connectivity index (χ4v) is 2.99. The van der Waals surface area contributed by atoms with E-state index in [0.29, 0.717) is 18.8 Å². The molecular weight excluding hydrogens is 282 g/mol. The number of pyridine rings is 1. The number of amides is 2. The fraction of sp³-hybridized carbons (Fsp3) is 0.562. The van der Waals surface area contributed by atoms with Gasteiger partial charge in [0.25, 0.3) is 5.91 Å². The Morgan fingerprint density at radius 3 is 2.73 bits per heavy atom. The van der Waals surface area contributed by atoms with E-state index in [1.807, 2.05) is 6.92 Å². The van der Waals surface area contributed by atoms with Crippen LogP contribution in [0, 0.1) is 5.92 Å². The van der Waals surface area contributed by atoms with Crippen LogP contribution in [0.5, 0.6) is 0 Å². The fourth-order valence-electron chi connectivity index (χ4n) is 2.99. The van der Waals surface area contributed by atoms with Crippen LogP contribution in [0.3, 0.4) is 0 Å². The molecule has 1 aromatic rings. The number of carbonyl (C=O) groups is 2. The lowest BCUT2D eigenvalue weighted by molar-refractivity contribution is -0.122. The van der Waals surface area contributed by atoms with E-state index in [2.05, 4.69) is 10.3 Å². The van der Waals surface area contributed by atoms with Gasteiger partial charge in [-0.2, -0.15) is 0 Å². The van der Waals surface area contributed by atoms with E-state index in [-0.39, 0.29) is 17.5 Å². The molecule has 0 spiro atoms. The molecule has 1 atom stereocenters. The van der Waals surface area contributed by atoms with Crippen LogP contribution in [-0.4, -0.2) is 22.0 Å². The molecule has 2 rings (SSSR count). The Bertz CT molecular complexity index is 527. The van der Waals surface area contributed by atoms with E-state index < -0.39 is 5.91 Å². The number of nitrogens with one attached hydrogen (secondary N) is 2. The van der Waals surface area contributed by atoms with E-state index in [1.54, 1.807) is 17.7 Å². The van der Waals surface area contributed by atoms with Crippen molar-refractivity contribution in [3.05, 3.63) is 29.6 Å². The van der Waals surface area contributed by atoms with E-state index in [9.17, 15) is 9.59 Å². The van der Waals surface area contributed by atoms with Gasteiger partial charge in [0.15, 0.2) is 0 Å². The lowest BCUT2D eigenvalue weighted by Gasteiger charge is -2.19. The summed E-state index contributed by atoms with van der Waals surface area (Å²) in [5.41, 5.74) is 2.62. The van der Waals surface area contributed by atoms with Crippen molar-refractivity contribution in [2.45, 2.75) is 51.5 Å². The molecule has 120 valence electrons. The minimum Gasteiger partial charge on any atom is -0.349 e. The molecule has 1 aromatic heterocycles. The summed E-state index contributed by atoms with van der Waals surface area (Å²) in [6.45, 7) is 1.97. The molecule has 2 amide bonds. The molecule has 6 nitrogen and oxygen atoms in total. The Morgan fingerprint density at radius 1 is 1.36 bits per heavy atom. The van der Waals surface area contributed by atoms with Gasteiger partial charge in [-0.1, -0.05) is 19.8 Å². The molecule has 0 bridgehead atoms. The number of nitrogens with zero attached hydrogens (tertiary/aromatic N) is 1. The first-order valence-electron chi connectivity index (χ1n) is 7.82. The number of hydrogen-bond donors (Lipinski definition) is 3. The highest BCUT2D eigenvalue weighted by Crippen LogP contribution is 2.28. The van der Waals surface area contributed by atoms with Crippen LogP contribution < -0.4 is 10.8 Å². The maximum atomic E-state index is 12.2. The summed E-state index contributed by atoms with van der Waals surface area (Å²) < 4.78 is 0. The third-order valence-corrected chi connectivity index (χ3v) is 4.22. The lowest BCUT2D eigenvalue weighted by atomic mass is 10.0. The zero-order chi connectivity index (χ0) is 15.9. The molecule has 0 radical (unpaired) electrons. The van der Waals surface area contributed by atoms with E-state index in [1.165, 1.54) is 19.0 Å². The van der Waals surface area contributed by atoms with E-state index >= 15 is 0 Å². The Labute approximate surface area is 130 Å². The minimum absolute atomic E-state index is 0.0516. The summed E-state index contributed by atoms with van der Waals surface area (Å²) in [5, 5.41) is 11.7. The Kier molecular flexibility index (Phi) is 5.89. The van der Waals surface area contributed by atoms with Crippen molar-refractivity contribution in [1.82, 2.24) is 15.8 Å². The molecule has 6 heteroatoms. The smallest absolute Gasteiger partial charge is 0.276 e. The number of hydrogen-bond acceptors (Lipinski definition) is 4. The van der Waals surface area contributed by atoms with Crippen molar-refractivity contribution < 1.29 is 14.8 Å². The van der Waals surface area contributed by atoms with Gasteiger partial charge in [-0.3, -0.25) is 19.8 Å². The average Bonchev–Trinajstić information content (AvgIpc) is 3.04. The van der Waals surface area contributed by atoms with Crippen LogP contribution in [0.25, 0.3) is 0 Å². The third kappa shape index (κ3) is 4.27. The van der Waals surface area contributed by atoms with Crippen LogP contribution in [0.1, 0.15) is 67.4 Å². The Balaban J connectivity index is 2.01. The number of carbonyl (C=O) groups excluding carboxylic acids is 2. The van der Waals surface area contributed by atoms with E-state index in [4.69, 9.17) is 5.21 Å². The van der Waals surface area contributed by atoms with Gasteiger partial charge < -0.3 is 5.32 Å².